The average Bonchev–Trinajstić information content (AvgIpc) is 3.49. The number of nitrogens with two attached hydrogens (primary N) is 2. The molecule has 5 rings (SSSR count). The van der Waals surface area contributed by atoms with Gasteiger partial charge in [0, 0.05) is 0 Å². The lowest BCUT2D eigenvalue weighted by molar-refractivity contribution is -0.127. The van der Waals surface area contributed by atoms with Crippen LogP contribution < -0.4 is 21.5 Å². The molecule has 0 bridgehead atoms. The Kier molecular flexibility index (Phi) is 6.98. The van der Waals surface area contributed by atoms with E-state index in [2.05, 4.69) is 20.3 Å². The fourth-order valence-corrected chi connectivity index (χ4v) is 4.20. The van der Waals surface area contributed by atoms with Gasteiger partial charge in [-0.05, 0) is 17.7 Å². The smallest absolute Gasteiger partial charge is 0.261 e. The van der Waals surface area contributed by atoms with E-state index in [9.17, 15) is 19.8 Å². The first-order chi connectivity index (χ1) is 18.3. The predicted molar refractivity (Wildman–Crippen MR) is 133 cm³/mol. The third-order valence-electron chi connectivity index (χ3n) is 6.20. The van der Waals surface area contributed by atoms with Gasteiger partial charge in [-0.1, -0.05) is 42.5 Å². The monoisotopic (exact) mass is 519 g/mol. The summed E-state index contributed by atoms with van der Waals surface area (Å²) in [4.78, 5) is 37.9. The van der Waals surface area contributed by atoms with Crippen LogP contribution in [0.4, 0.5) is 5.82 Å². The van der Waals surface area contributed by atoms with Gasteiger partial charge in [0.15, 0.2) is 17.7 Å². The number of imidazole rings is 1. The molecule has 1 saturated heterocycles. The van der Waals surface area contributed by atoms with Crippen LogP contribution in [0.2, 0.25) is 0 Å². The number of aliphatic hydroxyl groups is 2. The number of imide groups is 1. The minimum Gasteiger partial charge on any atom is -0.488 e. The van der Waals surface area contributed by atoms with Gasteiger partial charge in [-0.25, -0.2) is 15.0 Å². The Balaban J connectivity index is 1.27. The molecule has 7 N–H and O–H groups in total. The lowest BCUT2D eigenvalue weighted by atomic mass is 10.0. The van der Waals surface area contributed by atoms with Gasteiger partial charge in [0.25, 0.3) is 5.91 Å². The number of fused-ring (bicyclic) bond motifs is 1. The van der Waals surface area contributed by atoms with Crippen LogP contribution in [0.1, 0.15) is 22.1 Å². The van der Waals surface area contributed by atoms with Crippen LogP contribution in [0.15, 0.2) is 67.3 Å². The second-order valence-corrected chi connectivity index (χ2v) is 8.67. The summed E-state index contributed by atoms with van der Waals surface area (Å²) in [6.07, 6.45) is -3.00. The Bertz CT molecular complexity index is 1460. The van der Waals surface area contributed by atoms with E-state index in [1.54, 1.807) is 18.2 Å². The molecule has 3 heterocycles. The fraction of sp³-hybridized carbons (Fsp3) is 0.240. The van der Waals surface area contributed by atoms with Crippen LogP contribution in [0.5, 0.6) is 5.75 Å². The van der Waals surface area contributed by atoms with Gasteiger partial charge >= 0.3 is 0 Å². The molecule has 1 aliphatic rings. The number of nitrogen functional groups attached to an aromatic ring is 1. The van der Waals surface area contributed by atoms with Crippen LogP contribution in [-0.2, 0) is 16.1 Å². The number of amides is 2. The minimum atomic E-state index is -1.55. The van der Waals surface area contributed by atoms with E-state index in [1.807, 2.05) is 30.3 Å². The lowest BCUT2D eigenvalue weighted by Gasteiger charge is -2.21. The van der Waals surface area contributed by atoms with Gasteiger partial charge in [-0.3, -0.25) is 19.5 Å². The van der Waals surface area contributed by atoms with Crippen LogP contribution in [0.25, 0.3) is 11.2 Å². The van der Waals surface area contributed by atoms with Crippen LogP contribution in [0.3, 0.4) is 0 Å². The van der Waals surface area contributed by atoms with Crippen molar-refractivity contribution in [2.45, 2.75) is 37.2 Å². The van der Waals surface area contributed by atoms with E-state index in [4.69, 9.17) is 20.9 Å². The van der Waals surface area contributed by atoms with Crippen molar-refractivity contribution >= 4 is 28.8 Å². The van der Waals surface area contributed by atoms with E-state index in [0.29, 0.717) is 0 Å². The Hall–Kier alpha value is -4.43. The maximum Gasteiger partial charge on any atom is 0.261 e. The van der Waals surface area contributed by atoms with Crippen molar-refractivity contribution in [3.05, 3.63) is 78.4 Å². The first kappa shape index (κ1) is 25.2. The molecule has 1 aliphatic heterocycles. The Morgan fingerprint density at radius 1 is 1.05 bits per heavy atom. The van der Waals surface area contributed by atoms with E-state index in [0.717, 1.165) is 5.56 Å². The quantitative estimate of drug-likeness (QED) is 0.218. The van der Waals surface area contributed by atoms with Crippen LogP contribution in [0, 0.1) is 0 Å². The zero-order valence-electron chi connectivity index (χ0n) is 19.9. The second kappa shape index (κ2) is 10.5. The average molecular weight is 520 g/mol. The van der Waals surface area contributed by atoms with Crippen molar-refractivity contribution in [2.75, 3.05) is 5.73 Å². The number of carbonyl (C=O) groups excluding carboxylic acids is 2. The largest absolute Gasteiger partial charge is 0.488 e. The summed E-state index contributed by atoms with van der Waals surface area (Å²) in [7, 11) is 0. The number of benzene rings is 2. The van der Waals surface area contributed by atoms with E-state index in [-0.39, 0.29) is 34.9 Å². The van der Waals surface area contributed by atoms with Crippen molar-refractivity contribution in [2.24, 2.45) is 5.73 Å². The molecule has 0 radical (unpaired) electrons. The summed E-state index contributed by atoms with van der Waals surface area (Å²) in [5.74, 6) is -1.25. The van der Waals surface area contributed by atoms with E-state index in [1.165, 1.54) is 23.3 Å². The molecule has 2 amide bonds. The summed E-state index contributed by atoms with van der Waals surface area (Å²) in [6.45, 7) is 0.222. The highest BCUT2D eigenvalue weighted by Crippen LogP contribution is 2.33. The maximum absolute atomic E-state index is 12.9. The first-order valence-corrected chi connectivity index (χ1v) is 11.7. The SMILES string of the molecule is Nc1ncnc2c1ncn2[C@@H]1O[C@H](C(N)C(=O)NC(=O)c2ccccc2OCc2ccccc2)C(O)C1O. The lowest BCUT2D eigenvalue weighted by Crippen LogP contribution is -2.53. The molecule has 2 aromatic carbocycles. The Labute approximate surface area is 216 Å². The highest BCUT2D eigenvalue weighted by Gasteiger charge is 2.48. The molecule has 196 valence electrons. The maximum atomic E-state index is 12.9. The highest BCUT2D eigenvalue weighted by molar-refractivity contribution is 6.07. The molecule has 4 aromatic rings. The summed E-state index contributed by atoms with van der Waals surface area (Å²) in [6, 6.07) is 14.3. The molecule has 0 spiro atoms. The van der Waals surface area contributed by atoms with Crippen molar-refractivity contribution in [3.63, 3.8) is 0 Å². The molecule has 0 saturated carbocycles. The molecular weight excluding hydrogens is 494 g/mol. The Morgan fingerprint density at radius 3 is 2.58 bits per heavy atom. The molecular formula is C25H25N7O6. The number of nitrogens with zero attached hydrogens (tertiary/aromatic N) is 4. The molecule has 13 heteroatoms. The number of anilines is 1. The molecule has 3 unspecified atom stereocenters. The fourth-order valence-electron chi connectivity index (χ4n) is 4.20. The summed E-state index contributed by atoms with van der Waals surface area (Å²) >= 11 is 0. The summed E-state index contributed by atoms with van der Waals surface area (Å²) < 4.78 is 12.9. The second-order valence-electron chi connectivity index (χ2n) is 8.67. The van der Waals surface area contributed by atoms with Crippen molar-refractivity contribution in [3.8, 4) is 5.75 Å². The minimum absolute atomic E-state index is 0.122. The number of nitrogens with one attached hydrogen (secondary N) is 1. The summed E-state index contributed by atoms with van der Waals surface area (Å²) in [5.41, 5.74) is 13.4. The van der Waals surface area contributed by atoms with Gasteiger partial charge < -0.3 is 31.2 Å². The van der Waals surface area contributed by atoms with E-state index >= 15 is 0 Å². The van der Waals surface area contributed by atoms with Crippen molar-refractivity contribution in [1.82, 2.24) is 24.8 Å². The van der Waals surface area contributed by atoms with Crippen LogP contribution >= 0.6 is 0 Å². The first-order valence-electron chi connectivity index (χ1n) is 11.7. The topological polar surface area (TPSA) is 201 Å². The van der Waals surface area contributed by atoms with Crippen LogP contribution in [-0.4, -0.2) is 65.9 Å². The van der Waals surface area contributed by atoms with Crippen molar-refractivity contribution in [1.29, 1.82) is 0 Å². The zero-order chi connectivity index (χ0) is 26.8. The number of hydrogen-bond acceptors (Lipinski definition) is 11. The van der Waals surface area contributed by atoms with Gasteiger partial charge in [-0.2, -0.15) is 0 Å². The number of ether oxygens (including phenoxy) is 2. The molecule has 5 atom stereocenters. The van der Waals surface area contributed by atoms with Gasteiger partial charge in [-0.15, -0.1) is 0 Å². The van der Waals surface area contributed by atoms with E-state index < -0.39 is 42.4 Å². The molecule has 1 fully saturated rings. The Morgan fingerprint density at radius 2 is 1.79 bits per heavy atom. The van der Waals surface area contributed by atoms with Gasteiger partial charge in [0.1, 0.15) is 48.6 Å². The normalized spacial score (nSPS) is 21.8. The molecule has 2 aromatic heterocycles. The molecule has 38 heavy (non-hydrogen) atoms. The number of aromatic nitrogens is 4. The molecule has 0 aliphatic carbocycles. The zero-order valence-corrected chi connectivity index (χ0v) is 19.9. The van der Waals surface area contributed by atoms with Crippen molar-refractivity contribution < 1.29 is 29.3 Å². The number of para-hydroxylation sites is 1. The predicted octanol–water partition coefficient (Wildman–Crippen LogP) is -0.109. The number of hydrogen-bond donors (Lipinski definition) is 5. The highest BCUT2D eigenvalue weighted by atomic mass is 16.6. The summed E-state index contributed by atoms with van der Waals surface area (Å²) in [5, 5.41) is 23.5. The number of rotatable bonds is 7. The van der Waals surface area contributed by atoms with Gasteiger partial charge in [0.2, 0.25) is 5.91 Å². The number of carbonyl (C=O) groups is 2. The third-order valence-corrected chi connectivity index (χ3v) is 6.20. The molecule has 13 nitrogen and oxygen atoms in total. The van der Waals surface area contributed by atoms with Gasteiger partial charge in [0.05, 0.1) is 11.9 Å². The number of aliphatic hydroxyl groups excluding tert-OH is 2. The standard InChI is InChI=1S/C25H25N7O6/c26-16(20-18(33)19(34)25(38-20)32-12-30-17-21(27)28-11-29-22(17)32)24(36)31-23(35)14-8-4-5-9-15(14)37-10-13-6-2-1-3-7-13/h1-9,11-12,16,18-20,25,33-34H,10,26H2,(H2,27,28,29)(H,31,35,36)/t16?,18?,19?,20-,25-/m1/s1. The third kappa shape index (κ3) is 4.78.